The van der Waals surface area contributed by atoms with Crippen LogP contribution in [0, 0.1) is 0 Å². The fraction of sp³-hybridized carbons (Fsp3) is 0.250. The summed E-state index contributed by atoms with van der Waals surface area (Å²) in [5.41, 5.74) is 4.71. The fourth-order valence-corrected chi connectivity index (χ4v) is 8.42. The zero-order valence-electron chi connectivity index (χ0n) is 17.7. The third kappa shape index (κ3) is 3.86. The van der Waals surface area contributed by atoms with Gasteiger partial charge in [-0.05, 0) is 52.6 Å². The van der Waals surface area contributed by atoms with Gasteiger partial charge in [-0.1, -0.05) is 24.3 Å². The first-order valence-electron chi connectivity index (χ1n) is 10.9. The second kappa shape index (κ2) is 8.16. The van der Waals surface area contributed by atoms with Crippen LogP contribution in [0.2, 0.25) is 0 Å². The Morgan fingerprint density at radius 3 is 2.61 bits per heavy atom. The number of anilines is 3. The van der Waals surface area contributed by atoms with Crippen LogP contribution in [-0.2, 0) is 21.0 Å². The standard InChI is InChI=1S/C24H23N3O3S3/c28-32-14-21(15-6-8-24-19(11-15)25-9-10-33(24,29)30)27-18-7-5-16(12-23(18)32)20-13-31-22-4-2-1-3-17(22)26-20/h1-8,11-12,20-21,25-27H,9-10,13-14H2. The van der Waals surface area contributed by atoms with Gasteiger partial charge in [0.15, 0.2) is 14.7 Å². The molecule has 3 aromatic carbocycles. The topological polar surface area (TPSA) is 93.3 Å². The van der Waals surface area contributed by atoms with Crippen molar-refractivity contribution in [2.75, 3.05) is 39.8 Å². The summed E-state index contributed by atoms with van der Waals surface area (Å²) >= 11 is 0.677. The van der Waals surface area contributed by atoms with Crippen molar-refractivity contribution in [3.05, 3.63) is 71.8 Å². The normalized spacial score (nSPS) is 24.8. The van der Waals surface area contributed by atoms with Crippen molar-refractivity contribution in [3.63, 3.8) is 0 Å². The van der Waals surface area contributed by atoms with E-state index >= 15 is 0 Å². The van der Waals surface area contributed by atoms with Crippen LogP contribution in [0.3, 0.4) is 0 Å². The quantitative estimate of drug-likeness (QED) is 0.451. The molecule has 0 aromatic heterocycles. The summed E-state index contributed by atoms with van der Waals surface area (Å²) in [5, 5.41) is 10.3. The van der Waals surface area contributed by atoms with E-state index in [2.05, 4.69) is 46.3 Å². The van der Waals surface area contributed by atoms with E-state index in [1.165, 1.54) is 4.90 Å². The molecule has 0 radical (unpaired) electrons. The van der Waals surface area contributed by atoms with Gasteiger partial charge in [0.05, 0.1) is 34.1 Å². The number of hydrogen-bond donors (Lipinski definition) is 3. The molecule has 3 aromatic rings. The van der Waals surface area contributed by atoms with Gasteiger partial charge < -0.3 is 20.5 Å². The smallest absolute Gasteiger partial charge is 0.182 e. The number of para-hydroxylation sites is 1. The fourth-order valence-electron chi connectivity index (χ4n) is 4.61. The molecule has 0 aliphatic carbocycles. The Hall–Kier alpha value is -2.33. The zero-order valence-corrected chi connectivity index (χ0v) is 20.2. The second-order valence-corrected chi connectivity index (χ2v) is 13.1. The van der Waals surface area contributed by atoms with Gasteiger partial charge in [0.2, 0.25) is 0 Å². The van der Waals surface area contributed by atoms with Crippen molar-refractivity contribution < 1.29 is 13.0 Å². The summed E-state index contributed by atoms with van der Waals surface area (Å²) in [6.45, 7) is 0.409. The Labute approximate surface area is 200 Å². The van der Waals surface area contributed by atoms with Crippen molar-refractivity contribution in [1.82, 2.24) is 0 Å². The molecule has 6 nitrogen and oxygen atoms in total. The first-order valence-corrected chi connectivity index (χ1v) is 14.8. The van der Waals surface area contributed by atoms with E-state index in [1.807, 2.05) is 36.0 Å². The largest absolute Gasteiger partial charge is 0.611 e. The SMILES string of the molecule is O=S1(=O)CCNc2cc(C3C[S+]([O-])c4cc(C5CSc6ccccc6N5)ccc4N3)ccc21. The van der Waals surface area contributed by atoms with Crippen LogP contribution in [-0.4, -0.2) is 36.8 Å². The Morgan fingerprint density at radius 1 is 0.909 bits per heavy atom. The van der Waals surface area contributed by atoms with Gasteiger partial charge in [0.1, 0.15) is 5.75 Å². The molecule has 0 saturated heterocycles. The maximum atomic E-state index is 13.2. The van der Waals surface area contributed by atoms with E-state index in [0.29, 0.717) is 22.9 Å². The molecule has 9 heteroatoms. The van der Waals surface area contributed by atoms with Gasteiger partial charge in [-0.3, -0.25) is 0 Å². The predicted molar refractivity (Wildman–Crippen MR) is 135 cm³/mol. The minimum atomic E-state index is -3.23. The summed E-state index contributed by atoms with van der Waals surface area (Å²) in [6.07, 6.45) is 0. The van der Waals surface area contributed by atoms with Gasteiger partial charge in [0, 0.05) is 28.9 Å². The van der Waals surface area contributed by atoms with Crippen LogP contribution in [0.15, 0.2) is 75.4 Å². The number of benzene rings is 3. The first kappa shape index (κ1) is 21.2. The Morgan fingerprint density at radius 2 is 1.70 bits per heavy atom. The van der Waals surface area contributed by atoms with Gasteiger partial charge in [0.25, 0.3) is 0 Å². The second-order valence-electron chi connectivity index (χ2n) is 8.47. The molecule has 3 aliphatic heterocycles. The zero-order chi connectivity index (χ0) is 22.6. The predicted octanol–water partition coefficient (Wildman–Crippen LogP) is 4.42. The molecule has 3 heterocycles. The van der Waals surface area contributed by atoms with E-state index in [1.54, 1.807) is 6.07 Å². The molecular formula is C24H23N3O3S3. The monoisotopic (exact) mass is 497 g/mol. The molecular weight excluding hydrogens is 474 g/mol. The average Bonchev–Trinajstić information content (AvgIpc) is 2.83. The van der Waals surface area contributed by atoms with E-state index in [9.17, 15) is 13.0 Å². The van der Waals surface area contributed by atoms with Gasteiger partial charge in [-0.25, -0.2) is 8.42 Å². The minimum absolute atomic E-state index is 0.112. The number of rotatable bonds is 2. The average molecular weight is 498 g/mol. The number of fused-ring (bicyclic) bond motifs is 3. The van der Waals surface area contributed by atoms with E-state index in [4.69, 9.17) is 0 Å². The number of nitrogens with one attached hydrogen (secondary N) is 3. The van der Waals surface area contributed by atoms with Crippen LogP contribution in [0.5, 0.6) is 0 Å². The van der Waals surface area contributed by atoms with E-state index < -0.39 is 21.0 Å². The van der Waals surface area contributed by atoms with Crippen molar-refractivity contribution in [2.24, 2.45) is 0 Å². The summed E-state index contributed by atoms with van der Waals surface area (Å²) in [7, 11) is -3.23. The van der Waals surface area contributed by atoms with Crippen molar-refractivity contribution in [3.8, 4) is 0 Å². The lowest BCUT2D eigenvalue weighted by Gasteiger charge is -2.31. The highest BCUT2D eigenvalue weighted by Gasteiger charge is 2.32. The lowest BCUT2D eigenvalue weighted by Crippen LogP contribution is -2.29. The highest BCUT2D eigenvalue weighted by Crippen LogP contribution is 2.41. The van der Waals surface area contributed by atoms with Crippen LogP contribution in [0.1, 0.15) is 23.2 Å². The van der Waals surface area contributed by atoms with Crippen molar-refractivity contribution >= 4 is 49.8 Å². The van der Waals surface area contributed by atoms with Crippen molar-refractivity contribution in [1.29, 1.82) is 0 Å². The highest BCUT2D eigenvalue weighted by molar-refractivity contribution is 7.99. The van der Waals surface area contributed by atoms with Crippen LogP contribution < -0.4 is 16.0 Å². The lowest BCUT2D eigenvalue weighted by atomic mass is 10.0. The Kier molecular flexibility index (Phi) is 5.25. The molecule has 3 N–H and O–H groups in total. The third-order valence-corrected chi connectivity index (χ3v) is 10.7. The number of sulfone groups is 1. The molecule has 3 unspecified atom stereocenters. The maximum Gasteiger partial charge on any atom is 0.182 e. The van der Waals surface area contributed by atoms with E-state index in [-0.39, 0.29) is 17.8 Å². The van der Waals surface area contributed by atoms with E-state index in [0.717, 1.165) is 33.2 Å². The summed E-state index contributed by atoms with van der Waals surface area (Å²) in [6, 6.07) is 19.9. The van der Waals surface area contributed by atoms with Gasteiger partial charge in [-0.15, -0.1) is 11.8 Å². The molecule has 33 heavy (non-hydrogen) atoms. The Balaban J connectivity index is 1.25. The summed E-state index contributed by atoms with van der Waals surface area (Å²) in [5.74, 6) is 1.47. The molecule has 0 spiro atoms. The molecule has 0 saturated carbocycles. The van der Waals surface area contributed by atoms with Gasteiger partial charge in [-0.2, -0.15) is 0 Å². The van der Waals surface area contributed by atoms with Crippen LogP contribution in [0.25, 0.3) is 0 Å². The molecule has 0 fully saturated rings. The molecule has 170 valence electrons. The van der Waals surface area contributed by atoms with Crippen LogP contribution in [0.4, 0.5) is 17.1 Å². The molecule has 3 aliphatic rings. The van der Waals surface area contributed by atoms with Crippen LogP contribution >= 0.6 is 11.8 Å². The maximum absolute atomic E-state index is 13.2. The lowest BCUT2D eigenvalue weighted by molar-refractivity contribution is 0.585. The summed E-state index contributed by atoms with van der Waals surface area (Å²) < 4.78 is 37.8. The molecule has 3 atom stereocenters. The molecule has 0 amide bonds. The number of hydrogen-bond acceptors (Lipinski definition) is 7. The Bertz CT molecular complexity index is 1350. The van der Waals surface area contributed by atoms with Gasteiger partial charge >= 0.3 is 0 Å². The summed E-state index contributed by atoms with van der Waals surface area (Å²) in [4.78, 5) is 2.43. The third-order valence-electron chi connectivity index (χ3n) is 6.35. The highest BCUT2D eigenvalue weighted by atomic mass is 32.2. The minimum Gasteiger partial charge on any atom is -0.611 e. The molecule has 0 bridgehead atoms. The van der Waals surface area contributed by atoms with Crippen molar-refractivity contribution in [2.45, 2.75) is 26.8 Å². The number of thioether (sulfide) groups is 1. The first-order chi connectivity index (χ1) is 16.0. The molecule has 6 rings (SSSR count).